The van der Waals surface area contributed by atoms with Gasteiger partial charge in [0.25, 0.3) is 0 Å². The number of amides is 1. The van der Waals surface area contributed by atoms with E-state index in [0.717, 1.165) is 27.9 Å². The van der Waals surface area contributed by atoms with Crippen LogP contribution in [0.3, 0.4) is 0 Å². The lowest BCUT2D eigenvalue weighted by Gasteiger charge is -2.20. The number of sulfonamides is 1. The zero-order valence-electron chi connectivity index (χ0n) is 15.7. The van der Waals surface area contributed by atoms with Crippen molar-refractivity contribution in [2.24, 2.45) is 0 Å². The lowest BCUT2D eigenvalue weighted by atomic mass is 10.1. The van der Waals surface area contributed by atoms with Crippen molar-refractivity contribution in [1.82, 2.24) is 4.31 Å². The molecule has 0 saturated carbocycles. The van der Waals surface area contributed by atoms with Gasteiger partial charge in [-0.05, 0) is 38.0 Å². The van der Waals surface area contributed by atoms with Crippen molar-refractivity contribution in [3.63, 3.8) is 0 Å². The van der Waals surface area contributed by atoms with Crippen molar-refractivity contribution >= 4 is 21.6 Å². The predicted octanol–water partition coefficient (Wildman–Crippen LogP) is 3.40. The largest absolute Gasteiger partial charge is 0.326 e. The average Bonchev–Trinajstić information content (AvgIpc) is 2.54. The molecular formula is C20H26N2O3S. The summed E-state index contributed by atoms with van der Waals surface area (Å²) in [5.74, 6) is -0.200. The second-order valence-electron chi connectivity index (χ2n) is 6.70. The van der Waals surface area contributed by atoms with E-state index in [1.807, 2.05) is 63.2 Å². The van der Waals surface area contributed by atoms with E-state index in [2.05, 4.69) is 5.32 Å². The molecule has 0 unspecified atom stereocenters. The first kappa shape index (κ1) is 20.1. The summed E-state index contributed by atoms with van der Waals surface area (Å²) in [4.78, 5) is 12.2. The first-order valence-corrected chi connectivity index (χ1v) is 10.4. The SMILES string of the molecule is Cc1ccc(CN(CCC(=O)Nc2ccc(C)cc2C)S(C)(=O)=O)cc1. The Morgan fingerprint density at radius 1 is 1.00 bits per heavy atom. The molecule has 0 heterocycles. The van der Waals surface area contributed by atoms with Gasteiger partial charge in [0, 0.05) is 25.2 Å². The molecule has 0 bridgehead atoms. The fourth-order valence-corrected chi connectivity index (χ4v) is 3.46. The van der Waals surface area contributed by atoms with Gasteiger partial charge in [-0.2, -0.15) is 4.31 Å². The molecule has 0 aromatic heterocycles. The van der Waals surface area contributed by atoms with E-state index in [9.17, 15) is 13.2 Å². The zero-order valence-corrected chi connectivity index (χ0v) is 16.6. The van der Waals surface area contributed by atoms with E-state index < -0.39 is 10.0 Å². The minimum atomic E-state index is -3.40. The van der Waals surface area contributed by atoms with Crippen molar-refractivity contribution in [2.45, 2.75) is 33.7 Å². The van der Waals surface area contributed by atoms with E-state index in [-0.39, 0.29) is 25.4 Å². The zero-order chi connectivity index (χ0) is 19.3. The number of rotatable bonds is 7. The lowest BCUT2D eigenvalue weighted by Crippen LogP contribution is -2.32. The summed E-state index contributed by atoms with van der Waals surface area (Å²) in [6, 6.07) is 13.5. The molecule has 0 spiro atoms. The summed E-state index contributed by atoms with van der Waals surface area (Å²) in [5.41, 5.74) is 4.88. The van der Waals surface area contributed by atoms with Gasteiger partial charge in [-0.25, -0.2) is 8.42 Å². The number of carbonyl (C=O) groups excluding carboxylic acids is 1. The quantitative estimate of drug-likeness (QED) is 0.808. The maximum Gasteiger partial charge on any atom is 0.225 e. The Kier molecular flexibility index (Phi) is 6.56. The van der Waals surface area contributed by atoms with E-state index in [1.165, 1.54) is 10.6 Å². The van der Waals surface area contributed by atoms with Crippen LogP contribution in [0.2, 0.25) is 0 Å². The third kappa shape index (κ3) is 5.97. The minimum absolute atomic E-state index is 0.103. The monoisotopic (exact) mass is 374 g/mol. The summed E-state index contributed by atoms with van der Waals surface area (Å²) < 4.78 is 25.5. The first-order chi connectivity index (χ1) is 12.1. The fraction of sp³-hybridized carbons (Fsp3) is 0.350. The van der Waals surface area contributed by atoms with Crippen LogP contribution < -0.4 is 5.32 Å². The van der Waals surface area contributed by atoms with Crippen LogP contribution in [0.1, 0.15) is 28.7 Å². The Bertz CT molecular complexity index is 874. The number of anilines is 1. The number of nitrogens with zero attached hydrogens (tertiary/aromatic N) is 1. The molecule has 1 N–H and O–H groups in total. The van der Waals surface area contributed by atoms with E-state index >= 15 is 0 Å². The molecule has 140 valence electrons. The maximum absolute atomic E-state index is 12.2. The Labute approximate surface area is 156 Å². The number of carbonyl (C=O) groups is 1. The smallest absolute Gasteiger partial charge is 0.225 e. The minimum Gasteiger partial charge on any atom is -0.326 e. The lowest BCUT2D eigenvalue weighted by molar-refractivity contribution is -0.116. The van der Waals surface area contributed by atoms with Gasteiger partial charge in [0.2, 0.25) is 15.9 Å². The van der Waals surface area contributed by atoms with E-state index in [4.69, 9.17) is 0 Å². The van der Waals surface area contributed by atoms with Gasteiger partial charge in [-0.3, -0.25) is 4.79 Å². The average molecular weight is 375 g/mol. The maximum atomic E-state index is 12.2. The topological polar surface area (TPSA) is 66.5 Å². The molecule has 2 aromatic rings. The molecule has 0 aliphatic rings. The van der Waals surface area contributed by atoms with E-state index in [0.29, 0.717) is 0 Å². The number of benzene rings is 2. The number of hydrogen-bond acceptors (Lipinski definition) is 3. The summed E-state index contributed by atoms with van der Waals surface area (Å²) >= 11 is 0. The van der Waals surface area contributed by atoms with Gasteiger partial charge in [0.1, 0.15) is 0 Å². The molecule has 0 fully saturated rings. The number of aryl methyl sites for hydroxylation is 3. The highest BCUT2D eigenvalue weighted by molar-refractivity contribution is 7.88. The van der Waals surface area contributed by atoms with Gasteiger partial charge in [-0.15, -0.1) is 0 Å². The molecule has 0 saturated heterocycles. The van der Waals surface area contributed by atoms with Crippen molar-refractivity contribution in [2.75, 3.05) is 18.1 Å². The van der Waals surface area contributed by atoms with Crippen LogP contribution in [0.5, 0.6) is 0 Å². The highest BCUT2D eigenvalue weighted by Gasteiger charge is 2.18. The molecular weight excluding hydrogens is 348 g/mol. The molecule has 6 heteroatoms. The normalized spacial score (nSPS) is 11.6. The summed E-state index contributed by atoms with van der Waals surface area (Å²) in [5, 5.41) is 2.86. The standard InChI is InChI=1S/C20H26N2O3S/c1-15-5-8-18(9-6-15)14-22(26(4,24)25)12-11-20(23)21-19-10-7-16(2)13-17(19)3/h5-10,13H,11-12,14H2,1-4H3,(H,21,23). The van der Waals surface area contributed by atoms with Gasteiger partial charge in [0.05, 0.1) is 6.26 Å². The summed E-state index contributed by atoms with van der Waals surface area (Å²) in [6.45, 7) is 6.31. The van der Waals surface area contributed by atoms with Crippen molar-refractivity contribution in [3.05, 3.63) is 64.7 Å². The molecule has 0 aliphatic heterocycles. The Morgan fingerprint density at radius 3 is 2.19 bits per heavy atom. The molecule has 0 aliphatic carbocycles. The highest BCUT2D eigenvalue weighted by Crippen LogP contribution is 2.17. The Balaban J connectivity index is 2.00. The van der Waals surface area contributed by atoms with Gasteiger partial charge < -0.3 is 5.32 Å². The molecule has 2 aromatic carbocycles. The molecule has 26 heavy (non-hydrogen) atoms. The van der Waals surface area contributed by atoms with Crippen molar-refractivity contribution in [1.29, 1.82) is 0 Å². The fourth-order valence-electron chi connectivity index (χ4n) is 2.65. The van der Waals surface area contributed by atoms with Crippen LogP contribution in [0, 0.1) is 20.8 Å². The first-order valence-electron chi connectivity index (χ1n) is 8.53. The molecule has 2 rings (SSSR count). The van der Waals surface area contributed by atoms with Gasteiger partial charge >= 0.3 is 0 Å². The van der Waals surface area contributed by atoms with Crippen LogP contribution in [-0.2, 0) is 21.4 Å². The second-order valence-corrected chi connectivity index (χ2v) is 8.68. The second kappa shape index (κ2) is 8.47. The predicted molar refractivity (Wildman–Crippen MR) is 106 cm³/mol. The van der Waals surface area contributed by atoms with Crippen molar-refractivity contribution in [3.8, 4) is 0 Å². The van der Waals surface area contributed by atoms with Gasteiger partial charge in [0.15, 0.2) is 0 Å². The summed E-state index contributed by atoms with van der Waals surface area (Å²) in [6.07, 6.45) is 1.27. The molecule has 0 radical (unpaired) electrons. The van der Waals surface area contributed by atoms with Crippen LogP contribution >= 0.6 is 0 Å². The van der Waals surface area contributed by atoms with Crippen molar-refractivity contribution < 1.29 is 13.2 Å². The number of nitrogens with one attached hydrogen (secondary N) is 1. The third-order valence-corrected chi connectivity index (χ3v) is 5.44. The molecule has 1 amide bonds. The Hall–Kier alpha value is -2.18. The van der Waals surface area contributed by atoms with Crippen LogP contribution in [0.4, 0.5) is 5.69 Å². The highest BCUT2D eigenvalue weighted by atomic mass is 32.2. The summed E-state index contributed by atoms with van der Waals surface area (Å²) in [7, 11) is -3.40. The Morgan fingerprint density at radius 2 is 1.62 bits per heavy atom. The van der Waals surface area contributed by atoms with Gasteiger partial charge in [-0.1, -0.05) is 47.5 Å². The number of hydrogen-bond donors (Lipinski definition) is 1. The van der Waals surface area contributed by atoms with Crippen LogP contribution in [-0.4, -0.2) is 31.4 Å². The van der Waals surface area contributed by atoms with Crippen LogP contribution in [0.25, 0.3) is 0 Å². The van der Waals surface area contributed by atoms with E-state index in [1.54, 1.807) is 0 Å². The molecule has 5 nitrogen and oxygen atoms in total. The van der Waals surface area contributed by atoms with Crippen LogP contribution in [0.15, 0.2) is 42.5 Å². The molecule has 0 atom stereocenters. The third-order valence-electron chi connectivity index (χ3n) is 4.19.